The quantitative estimate of drug-likeness (QED) is 0.452. The molecule has 8 heteroatoms. The van der Waals surface area contributed by atoms with Crippen molar-refractivity contribution in [2.45, 2.75) is 59.4 Å². The first-order valence-corrected chi connectivity index (χ1v) is 14.1. The SMILES string of the molecule is CCCNC(=O)[C@@H](C)N(CCc1ccccc1)C(=O)CCCN(c1ccc(C)c(C)c1)S(C)(=O)=O. The second kappa shape index (κ2) is 13.3. The molecule has 0 aliphatic carbocycles. The largest absolute Gasteiger partial charge is 0.354 e. The summed E-state index contributed by atoms with van der Waals surface area (Å²) in [4.78, 5) is 27.5. The molecule has 0 radical (unpaired) electrons. The van der Waals surface area contributed by atoms with Gasteiger partial charge in [0.25, 0.3) is 0 Å². The number of nitrogens with one attached hydrogen (secondary N) is 1. The first-order chi connectivity index (χ1) is 16.5. The van der Waals surface area contributed by atoms with Gasteiger partial charge in [0.15, 0.2) is 0 Å². The molecule has 2 amide bonds. The zero-order chi connectivity index (χ0) is 26.0. The number of amides is 2. The number of rotatable bonds is 13. The summed E-state index contributed by atoms with van der Waals surface area (Å²) in [6.07, 6.45) is 3.13. The van der Waals surface area contributed by atoms with Gasteiger partial charge in [-0.15, -0.1) is 0 Å². The van der Waals surface area contributed by atoms with Crippen molar-refractivity contribution in [3.05, 3.63) is 65.2 Å². The van der Waals surface area contributed by atoms with Gasteiger partial charge < -0.3 is 10.2 Å². The lowest BCUT2D eigenvalue weighted by molar-refractivity contribution is -0.139. The molecule has 1 atom stereocenters. The summed E-state index contributed by atoms with van der Waals surface area (Å²) in [5.74, 6) is -0.338. The van der Waals surface area contributed by atoms with E-state index in [9.17, 15) is 18.0 Å². The summed E-state index contributed by atoms with van der Waals surface area (Å²) in [5.41, 5.74) is 3.77. The predicted octanol–water partition coefficient (Wildman–Crippen LogP) is 3.84. The molecule has 0 saturated heterocycles. The van der Waals surface area contributed by atoms with Crippen molar-refractivity contribution in [2.75, 3.05) is 30.2 Å². The minimum atomic E-state index is -3.51. The molecule has 0 bridgehead atoms. The number of sulfonamides is 1. The fourth-order valence-electron chi connectivity index (χ4n) is 3.85. The van der Waals surface area contributed by atoms with Crippen molar-refractivity contribution >= 4 is 27.5 Å². The zero-order valence-electron chi connectivity index (χ0n) is 21.6. The number of nitrogens with zero attached hydrogens (tertiary/aromatic N) is 2. The van der Waals surface area contributed by atoms with Gasteiger partial charge in [-0.3, -0.25) is 13.9 Å². The molecule has 2 aromatic rings. The van der Waals surface area contributed by atoms with Crippen molar-refractivity contribution in [3.63, 3.8) is 0 Å². The van der Waals surface area contributed by atoms with Gasteiger partial charge in [-0.1, -0.05) is 43.3 Å². The Bertz CT molecular complexity index is 1090. The van der Waals surface area contributed by atoms with Crippen molar-refractivity contribution in [1.29, 1.82) is 0 Å². The maximum absolute atomic E-state index is 13.2. The van der Waals surface area contributed by atoms with Crippen molar-refractivity contribution in [1.82, 2.24) is 10.2 Å². The van der Waals surface area contributed by atoms with Gasteiger partial charge in [0.05, 0.1) is 11.9 Å². The molecular weight excluding hydrogens is 462 g/mol. The first kappa shape index (κ1) is 28.4. The van der Waals surface area contributed by atoms with Gasteiger partial charge in [-0.2, -0.15) is 0 Å². The molecule has 0 unspecified atom stereocenters. The van der Waals surface area contributed by atoms with Gasteiger partial charge in [0, 0.05) is 26.1 Å². The number of aryl methyl sites for hydroxylation is 2. The highest BCUT2D eigenvalue weighted by molar-refractivity contribution is 7.92. The Kier molecular flexibility index (Phi) is 10.8. The van der Waals surface area contributed by atoms with Gasteiger partial charge in [0.2, 0.25) is 21.8 Å². The highest BCUT2D eigenvalue weighted by Crippen LogP contribution is 2.22. The number of anilines is 1. The maximum Gasteiger partial charge on any atom is 0.242 e. The van der Waals surface area contributed by atoms with E-state index in [4.69, 9.17) is 0 Å². The summed E-state index contributed by atoms with van der Waals surface area (Å²) < 4.78 is 26.3. The molecule has 0 aromatic heterocycles. The van der Waals surface area contributed by atoms with Crippen LogP contribution in [0.25, 0.3) is 0 Å². The molecule has 35 heavy (non-hydrogen) atoms. The Labute approximate surface area is 210 Å². The Hall–Kier alpha value is -2.87. The van der Waals surface area contributed by atoms with Crippen molar-refractivity contribution in [2.24, 2.45) is 0 Å². The van der Waals surface area contributed by atoms with Crippen LogP contribution in [-0.4, -0.2) is 57.1 Å². The average Bonchev–Trinajstić information content (AvgIpc) is 2.82. The fraction of sp³-hybridized carbons (Fsp3) is 0.481. The van der Waals surface area contributed by atoms with E-state index in [1.54, 1.807) is 17.9 Å². The summed E-state index contributed by atoms with van der Waals surface area (Å²) in [5, 5.41) is 2.87. The van der Waals surface area contributed by atoms with Crippen LogP contribution in [0.1, 0.15) is 49.8 Å². The molecule has 0 saturated carbocycles. The summed E-state index contributed by atoms with van der Waals surface area (Å²) in [7, 11) is -3.51. The monoisotopic (exact) mass is 501 g/mol. The Balaban J connectivity index is 2.11. The van der Waals surface area contributed by atoms with Crippen LogP contribution < -0.4 is 9.62 Å². The van der Waals surface area contributed by atoms with Crippen LogP contribution in [0, 0.1) is 13.8 Å². The van der Waals surface area contributed by atoms with E-state index in [2.05, 4.69) is 5.32 Å². The minimum absolute atomic E-state index is 0.150. The van der Waals surface area contributed by atoms with E-state index in [-0.39, 0.29) is 24.8 Å². The third-order valence-corrected chi connectivity index (χ3v) is 7.33. The van der Waals surface area contributed by atoms with Gasteiger partial charge in [0.1, 0.15) is 6.04 Å². The van der Waals surface area contributed by atoms with Crippen LogP contribution in [0.15, 0.2) is 48.5 Å². The molecule has 192 valence electrons. The molecule has 0 aliphatic heterocycles. The van der Waals surface area contributed by atoms with Crippen LogP contribution in [0.2, 0.25) is 0 Å². The molecule has 1 N–H and O–H groups in total. The maximum atomic E-state index is 13.2. The lowest BCUT2D eigenvalue weighted by Crippen LogP contribution is -2.49. The highest BCUT2D eigenvalue weighted by atomic mass is 32.2. The normalized spacial score (nSPS) is 12.1. The minimum Gasteiger partial charge on any atom is -0.354 e. The summed E-state index contributed by atoms with van der Waals surface area (Å²) in [6, 6.07) is 14.8. The molecular formula is C27H39N3O4S. The second-order valence-corrected chi connectivity index (χ2v) is 10.9. The Morgan fingerprint density at radius 3 is 2.29 bits per heavy atom. The summed E-state index contributed by atoms with van der Waals surface area (Å²) in [6.45, 7) is 8.80. The van der Waals surface area contributed by atoms with Crippen molar-refractivity contribution in [3.8, 4) is 0 Å². The van der Waals surface area contributed by atoms with Crippen LogP contribution in [0.3, 0.4) is 0 Å². The topological polar surface area (TPSA) is 86.8 Å². The zero-order valence-corrected chi connectivity index (χ0v) is 22.4. The van der Waals surface area contributed by atoms with Crippen LogP contribution in [0.5, 0.6) is 0 Å². The number of hydrogen-bond donors (Lipinski definition) is 1. The first-order valence-electron chi connectivity index (χ1n) is 12.2. The number of hydrogen-bond acceptors (Lipinski definition) is 4. The van der Waals surface area contributed by atoms with Gasteiger partial charge in [-0.05, 0) is 68.9 Å². The third-order valence-electron chi connectivity index (χ3n) is 6.13. The molecule has 7 nitrogen and oxygen atoms in total. The molecule has 0 aliphatic rings. The lowest BCUT2D eigenvalue weighted by Gasteiger charge is -2.29. The average molecular weight is 502 g/mol. The second-order valence-electron chi connectivity index (χ2n) is 9.00. The number of carbonyl (C=O) groups is 2. The van der Waals surface area contributed by atoms with Gasteiger partial charge >= 0.3 is 0 Å². The molecule has 2 aromatic carbocycles. The smallest absolute Gasteiger partial charge is 0.242 e. The molecule has 0 spiro atoms. The molecule has 2 rings (SSSR count). The molecule has 0 heterocycles. The standard InChI is InChI=1S/C27H39N3O4S/c1-6-17-28-27(32)23(4)29(19-16-24-11-8-7-9-12-24)26(31)13-10-18-30(35(5,33)34)25-15-14-21(2)22(3)20-25/h7-9,11-12,14-15,20,23H,6,10,13,16-19H2,1-5H3,(H,28,32)/t23-/m1/s1. The fourth-order valence-corrected chi connectivity index (χ4v) is 4.81. The van der Waals surface area contributed by atoms with Crippen molar-refractivity contribution < 1.29 is 18.0 Å². The highest BCUT2D eigenvalue weighted by Gasteiger charge is 2.26. The predicted molar refractivity (Wildman–Crippen MR) is 142 cm³/mol. The number of benzene rings is 2. The third kappa shape index (κ3) is 8.69. The van der Waals surface area contributed by atoms with E-state index in [0.29, 0.717) is 31.6 Å². The number of carbonyl (C=O) groups excluding carboxylic acids is 2. The van der Waals surface area contributed by atoms with Crippen LogP contribution in [0.4, 0.5) is 5.69 Å². The molecule has 0 fully saturated rings. The van der Waals surface area contributed by atoms with Crippen LogP contribution >= 0.6 is 0 Å². The van der Waals surface area contributed by atoms with E-state index in [0.717, 1.165) is 23.1 Å². The summed E-state index contributed by atoms with van der Waals surface area (Å²) >= 11 is 0. The van der Waals surface area contributed by atoms with E-state index in [1.807, 2.05) is 63.2 Å². The van der Waals surface area contributed by atoms with Gasteiger partial charge in [-0.25, -0.2) is 8.42 Å². The van der Waals surface area contributed by atoms with E-state index < -0.39 is 16.1 Å². The Morgan fingerprint density at radius 1 is 1.00 bits per heavy atom. The lowest BCUT2D eigenvalue weighted by atomic mass is 10.1. The van der Waals surface area contributed by atoms with Crippen LogP contribution in [-0.2, 0) is 26.0 Å². The van der Waals surface area contributed by atoms with E-state index in [1.165, 1.54) is 10.6 Å². The van der Waals surface area contributed by atoms with E-state index >= 15 is 0 Å². The Morgan fingerprint density at radius 2 is 1.69 bits per heavy atom.